The van der Waals surface area contributed by atoms with Crippen LogP contribution in [0.25, 0.3) is 0 Å². The number of hydrogen-bond donors (Lipinski definition) is 1. The standard InChI is InChI=1S/C12H12ClF3O2/c13-6-2-1-3-8(12(17)18)7-4-5-9(14)11(16)10(7)15/h4-5,8H,1-3,6H2,(H,17,18)/t8-/m0/s1. The van der Waals surface area contributed by atoms with Gasteiger partial charge < -0.3 is 5.11 Å². The Morgan fingerprint density at radius 2 is 1.89 bits per heavy atom. The van der Waals surface area contributed by atoms with Crippen molar-refractivity contribution < 1.29 is 23.1 Å². The van der Waals surface area contributed by atoms with Crippen molar-refractivity contribution in [3.05, 3.63) is 35.1 Å². The van der Waals surface area contributed by atoms with Crippen LogP contribution in [0.3, 0.4) is 0 Å². The van der Waals surface area contributed by atoms with Gasteiger partial charge in [0, 0.05) is 11.4 Å². The first-order chi connectivity index (χ1) is 8.49. The van der Waals surface area contributed by atoms with Gasteiger partial charge in [0.1, 0.15) is 0 Å². The molecule has 1 rings (SSSR count). The van der Waals surface area contributed by atoms with Crippen molar-refractivity contribution in [3.8, 4) is 0 Å². The predicted molar refractivity (Wildman–Crippen MR) is 61.3 cm³/mol. The number of carboxylic acids is 1. The maximum Gasteiger partial charge on any atom is 0.311 e. The topological polar surface area (TPSA) is 37.3 Å². The molecule has 0 saturated carbocycles. The van der Waals surface area contributed by atoms with Crippen LogP contribution in [0.2, 0.25) is 0 Å². The number of aliphatic carboxylic acids is 1. The lowest BCUT2D eigenvalue weighted by Gasteiger charge is -2.13. The molecule has 1 aromatic rings. The molecule has 0 amide bonds. The third-order valence-electron chi connectivity index (χ3n) is 2.61. The summed E-state index contributed by atoms with van der Waals surface area (Å²) in [4.78, 5) is 11.0. The predicted octanol–water partition coefficient (Wildman–Crippen LogP) is 3.68. The molecule has 0 aromatic heterocycles. The van der Waals surface area contributed by atoms with Crippen LogP contribution in [0.4, 0.5) is 13.2 Å². The molecular weight excluding hydrogens is 269 g/mol. The van der Waals surface area contributed by atoms with Crippen LogP contribution in [0.5, 0.6) is 0 Å². The van der Waals surface area contributed by atoms with E-state index in [1.807, 2.05) is 0 Å². The Kier molecular flexibility index (Phi) is 5.47. The molecule has 0 aliphatic carbocycles. The van der Waals surface area contributed by atoms with Crippen molar-refractivity contribution in [2.75, 3.05) is 5.88 Å². The number of rotatable bonds is 6. The molecule has 1 N–H and O–H groups in total. The van der Waals surface area contributed by atoms with Gasteiger partial charge in [-0.15, -0.1) is 11.6 Å². The minimum atomic E-state index is -1.64. The summed E-state index contributed by atoms with van der Waals surface area (Å²) in [6.45, 7) is 0. The van der Waals surface area contributed by atoms with Crippen LogP contribution < -0.4 is 0 Å². The number of unbranched alkanes of at least 4 members (excludes halogenated alkanes) is 1. The van der Waals surface area contributed by atoms with Crippen molar-refractivity contribution >= 4 is 17.6 Å². The fraction of sp³-hybridized carbons (Fsp3) is 0.417. The van der Waals surface area contributed by atoms with E-state index in [1.54, 1.807) is 0 Å². The molecule has 0 radical (unpaired) electrons. The molecule has 0 aliphatic rings. The number of carbonyl (C=O) groups is 1. The van der Waals surface area contributed by atoms with Crippen LogP contribution in [0.1, 0.15) is 30.7 Å². The van der Waals surface area contributed by atoms with Gasteiger partial charge in [0.15, 0.2) is 17.5 Å². The van der Waals surface area contributed by atoms with Crippen molar-refractivity contribution in [1.29, 1.82) is 0 Å². The maximum atomic E-state index is 13.5. The monoisotopic (exact) mass is 280 g/mol. The van der Waals surface area contributed by atoms with Crippen molar-refractivity contribution in [2.45, 2.75) is 25.2 Å². The van der Waals surface area contributed by atoms with Crippen LogP contribution in [0, 0.1) is 17.5 Å². The average molecular weight is 281 g/mol. The van der Waals surface area contributed by atoms with E-state index in [0.29, 0.717) is 18.7 Å². The minimum Gasteiger partial charge on any atom is -0.481 e. The average Bonchev–Trinajstić information content (AvgIpc) is 2.33. The summed E-state index contributed by atoms with van der Waals surface area (Å²) in [5.41, 5.74) is -0.337. The highest BCUT2D eigenvalue weighted by molar-refractivity contribution is 6.17. The molecule has 0 spiro atoms. The quantitative estimate of drug-likeness (QED) is 0.490. The maximum absolute atomic E-state index is 13.5. The van der Waals surface area contributed by atoms with E-state index >= 15 is 0 Å². The lowest BCUT2D eigenvalue weighted by Crippen LogP contribution is -2.14. The second-order valence-corrected chi connectivity index (χ2v) is 4.22. The minimum absolute atomic E-state index is 0.129. The SMILES string of the molecule is O=C(O)[C@@H](CCCCCl)c1ccc(F)c(F)c1F. The zero-order valence-corrected chi connectivity index (χ0v) is 10.2. The van der Waals surface area contributed by atoms with Crippen LogP contribution in [0.15, 0.2) is 12.1 Å². The summed E-state index contributed by atoms with van der Waals surface area (Å²) in [5.74, 6) is -6.50. The summed E-state index contributed by atoms with van der Waals surface area (Å²) in [7, 11) is 0. The van der Waals surface area contributed by atoms with E-state index in [2.05, 4.69) is 0 Å². The fourth-order valence-electron chi connectivity index (χ4n) is 1.66. The van der Waals surface area contributed by atoms with Gasteiger partial charge in [-0.25, -0.2) is 13.2 Å². The molecule has 6 heteroatoms. The molecule has 18 heavy (non-hydrogen) atoms. The lowest BCUT2D eigenvalue weighted by atomic mass is 9.93. The molecule has 0 fully saturated rings. The number of hydrogen-bond acceptors (Lipinski definition) is 1. The smallest absolute Gasteiger partial charge is 0.311 e. The van der Waals surface area contributed by atoms with Gasteiger partial charge in [-0.2, -0.15) is 0 Å². The van der Waals surface area contributed by atoms with Gasteiger partial charge in [0.2, 0.25) is 0 Å². The highest BCUT2D eigenvalue weighted by Gasteiger charge is 2.25. The zero-order valence-electron chi connectivity index (χ0n) is 9.43. The van der Waals surface area contributed by atoms with Gasteiger partial charge in [-0.3, -0.25) is 4.79 Å². The molecule has 0 unspecified atom stereocenters. The van der Waals surface area contributed by atoms with E-state index in [9.17, 15) is 18.0 Å². The van der Waals surface area contributed by atoms with Gasteiger partial charge >= 0.3 is 5.97 Å². The Bertz CT molecular complexity index is 438. The Morgan fingerprint density at radius 1 is 1.22 bits per heavy atom. The zero-order chi connectivity index (χ0) is 13.7. The molecule has 1 aromatic carbocycles. The summed E-state index contributed by atoms with van der Waals surface area (Å²) >= 11 is 5.46. The van der Waals surface area contributed by atoms with Crippen LogP contribution >= 0.6 is 11.6 Å². The summed E-state index contributed by atoms with van der Waals surface area (Å²) in [6.07, 6.45) is 1.18. The highest BCUT2D eigenvalue weighted by atomic mass is 35.5. The first kappa shape index (κ1) is 14.8. The van der Waals surface area contributed by atoms with Gasteiger partial charge in [-0.05, 0) is 18.9 Å². The van der Waals surface area contributed by atoms with Crippen molar-refractivity contribution in [1.82, 2.24) is 0 Å². The van der Waals surface area contributed by atoms with E-state index in [0.717, 1.165) is 12.1 Å². The number of benzene rings is 1. The third-order valence-corrected chi connectivity index (χ3v) is 2.88. The van der Waals surface area contributed by atoms with Crippen LogP contribution in [-0.2, 0) is 4.79 Å². The molecular formula is C12H12ClF3O2. The fourth-order valence-corrected chi connectivity index (χ4v) is 1.85. The largest absolute Gasteiger partial charge is 0.481 e. The molecule has 1 atom stereocenters. The van der Waals surface area contributed by atoms with Gasteiger partial charge in [0.05, 0.1) is 5.92 Å². The van der Waals surface area contributed by atoms with E-state index in [-0.39, 0.29) is 12.0 Å². The van der Waals surface area contributed by atoms with Crippen LogP contribution in [-0.4, -0.2) is 17.0 Å². The number of alkyl halides is 1. The summed E-state index contributed by atoms with van der Waals surface area (Å²) in [5, 5.41) is 8.99. The van der Waals surface area contributed by atoms with E-state index in [1.165, 1.54) is 0 Å². The second-order valence-electron chi connectivity index (χ2n) is 3.84. The first-order valence-corrected chi connectivity index (χ1v) is 5.94. The number of halogens is 4. The Hall–Kier alpha value is -1.23. The van der Waals surface area contributed by atoms with Crippen molar-refractivity contribution in [3.63, 3.8) is 0 Å². The highest BCUT2D eigenvalue weighted by Crippen LogP contribution is 2.27. The van der Waals surface area contributed by atoms with E-state index < -0.39 is 29.3 Å². The third kappa shape index (κ3) is 3.38. The Labute approximate surface area is 107 Å². The molecule has 0 heterocycles. The van der Waals surface area contributed by atoms with E-state index in [4.69, 9.17) is 16.7 Å². The van der Waals surface area contributed by atoms with Crippen molar-refractivity contribution in [2.24, 2.45) is 0 Å². The lowest BCUT2D eigenvalue weighted by molar-refractivity contribution is -0.139. The van der Waals surface area contributed by atoms with Gasteiger partial charge in [0.25, 0.3) is 0 Å². The first-order valence-electron chi connectivity index (χ1n) is 5.41. The Morgan fingerprint density at radius 3 is 2.44 bits per heavy atom. The molecule has 0 bridgehead atoms. The normalized spacial score (nSPS) is 12.4. The number of carboxylic acid groups (broad SMARTS) is 1. The Balaban J connectivity index is 2.99. The molecule has 0 aliphatic heterocycles. The molecule has 0 saturated heterocycles. The molecule has 100 valence electrons. The summed E-state index contributed by atoms with van der Waals surface area (Å²) in [6, 6.07) is 1.69. The summed E-state index contributed by atoms with van der Waals surface area (Å²) < 4.78 is 39.3. The van der Waals surface area contributed by atoms with Gasteiger partial charge in [-0.1, -0.05) is 12.5 Å². The second kappa shape index (κ2) is 6.64. The molecule has 2 nitrogen and oxygen atoms in total.